The molecule has 1 aliphatic carbocycles. The zero-order valence-electron chi connectivity index (χ0n) is 54.1. The fraction of sp³-hybridized carbons (Fsp3) is 0.545. The molecule has 520 valence electrons. The number of nitrogens with zero attached hydrogens (tertiary/aromatic N) is 2. The first-order chi connectivity index (χ1) is 45.1. The van der Waals surface area contributed by atoms with E-state index in [4.69, 9.17) is 11.5 Å². The van der Waals surface area contributed by atoms with Gasteiger partial charge in [0.2, 0.25) is 53.2 Å². The van der Waals surface area contributed by atoms with E-state index in [1.54, 1.807) is 60.7 Å². The summed E-state index contributed by atoms with van der Waals surface area (Å²) in [4.78, 5) is 166. The Morgan fingerprint density at radius 1 is 0.642 bits per heavy atom. The molecule has 95 heavy (non-hydrogen) atoms. The maximum Gasteiger partial charge on any atom is 0.305 e. The Morgan fingerprint density at radius 2 is 1.16 bits per heavy atom. The van der Waals surface area contributed by atoms with Gasteiger partial charge in [-0.1, -0.05) is 90.4 Å². The van der Waals surface area contributed by atoms with Crippen LogP contribution in [-0.4, -0.2) is 181 Å². The fourth-order valence-electron chi connectivity index (χ4n) is 11.3. The minimum absolute atomic E-state index is 0.0541. The highest BCUT2D eigenvalue weighted by atomic mass is 79.9. The standard InChI is InChI=1S/C66H91Br2N11O15S/c1-38(2)29-50(39(3)80)74-61(89)49(24-25-57(84)85)73-64(92)53(34-58(86)87)77-60(88)48(19-11-12-26-69)72-62(90)51(30-41-15-7-5-8-16-41)75-63(91)52(31-42-17-9-6-10-18-42)76-65(93)54(71-40(4)81)37-95-55-35-56(83)79(66(55)94)28-14-13-27-78(45-20-22-46(82)23-21-45)36-43-32-44(67)33-47(68)59(43)70/h5-10,15-18,32-33,38,45-46,48-55,82H,11-14,19-31,34-37,69-70H2,1-4H3,(H,71,81)(H,72,90)(H,73,92)(H,74,89)(H,75,91)(H,76,93)(H,77,88)(H,84,85)(H,86,87)/t45-,46-,48?,49?,50?,51?,52?,53?,54?,55?. The number of halogens is 2. The van der Waals surface area contributed by atoms with E-state index in [-0.39, 0.29) is 81.3 Å². The van der Waals surface area contributed by atoms with Crippen LogP contribution in [0, 0.1) is 5.92 Å². The molecule has 26 nitrogen and oxygen atoms in total. The lowest BCUT2D eigenvalue weighted by Gasteiger charge is -2.36. The quantitative estimate of drug-likeness (QED) is 0.0220. The molecule has 1 aliphatic heterocycles. The lowest BCUT2D eigenvalue weighted by Crippen LogP contribution is -2.60. The molecular formula is C66H91Br2N11O15S. The summed E-state index contributed by atoms with van der Waals surface area (Å²) < 4.78 is 1.63. The summed E-state index contributed by atoms with van der Waals surface area (Å²) in [6.45, 7) is 7.60. The maximum atomic E-state index is 14.8. The molecule has 2 fully saturated rings. The average molecular weight is 1470 g/mol. The third kappa shape index (κ3) is 26.7. The molecule has 14 N–H and O–H groups in total. The molecule has 29 heteroatoms. The molecule has 1 heterocycles. The monoisotopic (exact) mass is 1470 g/mol. The summed E-state index contributed by atoms with van der Waals surface area (Å²) in [5, 5.41) is 46.8. The Balaban J connectivity index is 1.32. The summed E-state index contributed by atoms with van der Waals surface area (Å²) in [7, 11) is 0. The number of carbonyl (C=O) groups is 12. The summed E-state index contributed by atoms with van der Waals surface area (Å²) in [5.41, 5.74) is 15.0. The summed E-state index contributed by atoms with van der Waals surface area (Å²) in [5.74, 6) is -10.7. The van der Waals surface area contributed by atoms with Crippen LogP contribution in [0.1, 0.15) is 134 Å². The van der Waals surface area contributed by atoms with Crippen molar-refractivity contribution in [1.82, 2.24) is 47.0 Å². The highest BCUT2D eigenvalue weighted by Gasteiger charge is 2.41. The number of unbranched alkanes of at least 4 members (excludes halogenated alkanes) is 2. The van der Waals surface area contributed by atoms with Crippen LogP contribution in [0.4, 0.5) is 5.69 Å². The van der Waals surface area contributed by atoms with Crippen molar-refractivity contribution in [3.63, 3.8) is 0 Å². The van der Waals surface area contributed by atoms with Crippen LogP contribution in [0.2, 0.25) is 0 Å². The lowest BCUT2D eigenvalue weighted by molar-refractivity contribution is -0.142. The van der Waals surface area contributed by atoms with E-state index < -0.39 is 132 Å². The van der Waals surface area contributed by atoms with Crippen LogP contribution in [0.25, 0.3) is 0 Å². The second-order valence-electron chi connectivity index (χ2n) is 24.6. The number of hydrogen-bond acceptors (Lipinski definition) is 17. The smallest absolute Gasteiger partial charge is 0.305 e. The number of rotatable bonds is 40. The number of anilines is 1. The number of ketones is 1. The molecule has 5 rings (SSSR count). The van der Waals surface area contributed by atoms with Crippen molar-refractivity contribution in [3.8, 4) is 0 Å². The maximum absolute atomic E-state index is 14.8. The number of Topliss-reactive ketones (excluding diaryl/α,β-unsaturated/α-hetero) is 1. The summed E-state index contributed by atoms with van der Waals surface area (Å²) >= 11 is 8.12. The van der Waals surface area contributed by atoms with Crippen LogP contribution >= 0.6 is 43.6 Å². The Bertz CT molecular complexity index is 3140. The number of nitrogen functional groups attached to an aromatic ring is 1. The van der Waals surface area contributed by atoms with Gasteiger partial charge in [0.1, 0.15) is 36.3 Å². The van der Waals surface area contributed by atoms with Crippen molar-refractivity contribution in [1.29, 1.82) is 0 Å². The number of nitrogens with one attached hydrogen (secondary N) is 7. The number of carboxylic acid groups (broad SMARTS) is 2. The van der Waals surface area contributed by atoms with E-state index in [9.17, 15) is 72.9 Å². The van der Waals surface area contributed by atoms with Crippen molar-refractivity contribution in [2.45, 2.75) is 197 Å². The van der Waals surface area contributed by atoms with Crippen LogP contribution in [-0.2, 0) is 76.9 Å². The molecule has 8 atom stereocenters. The number of aliphatic carboxylic acids is 2. The van der Waals surface area contributed by atoms with Crippen LogP contribution in [0.3, 0.4) is 0 Å². The normalized spacial score (nSPS) is 17.7. The zero-order valence-corrected chi connectivity index (χ0v) is 58.1. The minimum atomic E-state index is -1.90. The molecule has 0 radical (unpaired) electrons. The van der Waals surface area contributed by atoms with Gasteiger partial charge in [0.15, 0.2) is 5.78 Å². The minimum Gasteiger partial charge on any atom is -0.481 e. The molecule has 8 unspecified atom stereocenters. The second-order valence-corrected chi connectivity index (χ2v) is 27.6. The summed E-state index contributed by atoms with van der Waals surface area (Å²) in [6.07, 6.45) is 1.87. The molecular weight excluding hydrogens is 1380 g/mol. The molecule has 0 aromatic heterocycles. The van der Waals surface area contributed by atoms with E-state index in [0.717, 1.165) is 39.1 Å². The Morgan fingerprint density at radius 3 is 1.68 bits per heavy atom. The Hall–Kier alpha value is -7.31. The molecule has 1 saturated heterocycles. The average Bonchev–Trinajstić information content (AvgIpc) is 1.83. The first-order valence-electron chi connectivity index (χ1n) is 32.0. The van der Waals surface area contributed by atoms with Crippen molar-refractivity contribution in [2.75, 3.05) is 31.1 Å². The predicted octanol–water partition coefficient (Wildman–Crippen LogP) is 3.54. The zero-order chi connectivity index (χ0) is 69.9. The van der Waals surface area contributed by atoms with Gasteiger partial charge in [-0.15, -0.1) is 11.8 Å². The van der Waals surface area contributed by atoms with Crippen LogP contribution < -0.4 is 48.7 Å². The second kappa shape index (κ2) is 39.7. The van der Waals surface area contributed by atoms with E-state index >= 15 is 0 Å². The first kappa shape index (κ1) is 78.4. The molecule has 9 amide bonds. The van der Waals surface area contributed by atoms with Gasteiger partial charge >= 0.3 is 11.9 Å². The summed E-state index contributed by atoms with van der Waals surface area (Å²) in [6, 6.07) is 10.9. The lowest BCUT2D eigenvalue weighted by atomic mass is 9.91. The number of aliphatic hydroxyl groups excluding tert-OH is 1. The number of carboxylic acids is 2. The third-order valence-corrected chi connectivity index (χ3v) is 18.8. The van der Waals surface area contributed by atoms with E-state index in [1.165, 1.54) is 18.7 Å². The SMILES string of the molecule is CC(=O)NC(CSC1CC(=O)N(CCCCN(Cc2cc(Br)cc(Br)c2N)[C@H]2CC[C@H](O)CC2)C1=O)C(=O)NC(Cc1ccccc1)C(=O)NC(Cc1ccccc1)C(=O)NC(CCCCN)C(=O)NC(CC(=O)O)C(=O)NC(CCC(=O)O)C(=O)NC(CC(C)C)C(C)=O. The van der Waals surface area contributed by atoms with E-state index in [2.05, 4.69) is 74.0 Å². The highest BCUT2D eigenvalue weighted by molar-refractivity contribution is 9.11. The number of nitrogens with two attached hydrogens (primary N) is 2. The van der Waals surface area contributed by atoms with Crippen molar-refractivity contribution < 1.29 is 72.9 Å². The van der Waals surface area contributed by atoms with E-state index in [1.807, 2.05) is 26.0 Å². The van der Waals surface area contributed by atoms with Crippen LogP contribution in [0.5, 0.6) is 0 Å². The fourth-order valence-corrected chi connectivity index (χ4v) is 13.8. The number of likely N-dealkylation sites (tertiary alicyclic amines) is 1. The molecule has 3 aromatic carbocycles. The van der Waals surface area contributed by atoms with Gasteiger partial charge < -0.3 is 64.0 Å². The van der Waals surface area contributed by atoms with Gasteiger partial charge in [0, 0.05) is 66.4 Å². The van der Waals surface area contributed by atoms with Crippen molar-refractivity contribution >= 4 is 120 Å². The number of carbonyl (C=O) groups excluding carboxylic acids is 10. The van der Waals surface area contributed by atoms with Gasteiger partial charge in [-0.2, -0.15) is 0 Å². The molecule has 0 bridgehead atoms. The van der Waals surface area contributed by atoms with Gasteiger partial charge in [-0.3, -0.25) is 67.3 Å². The van der Waals surface area contributed by atoms with Gasteiger partial charge in [-0.25, -0.2) is 0 Å². The van der Waals surface area contributed by atoms with E-state index in [0.29, 0.717) is 62.0 Å². The number of aliphatic hydroxyl groups is 1. The number of thioether (sulfide) groups is 1. The number of hydrogen-bond donors (Lipinski definition) is 12. The highest BCUT2D eigenvalue weighted by Crippen LogP contribution is 2.32. The Labute approximate surface area is 574 Å². The van der Waals surface area contributed by atoms with Gasteiger partial charge in [-0.05, 0) is 141 Å². The molecule has 2 aliphatic rings. The molecule has 3 aromatic rings. The molecule has 1 saturated carbocycles. The van der Waals surface area contributed by atoms with Gasteiger partial charge in [0.25, 0.3) is 0 Å². The van der Waals surface area contributed by atoms with Gasteiger partial charge in [0.05, 0.1) is 29.5 Å². The number of amides is 9. The molecule has 0 spiro atoms. The topological polar surface area (TPSA) is 408 Å². The van der Waals surface area contributed by atoms with Crippen molar-refractivity contribution in [3.05, 3.63) is 98.4 Å². The number of benzene rings is 3. The van der Waals surface area contributed by atoms with Crippen molar-refractivity contribution in [2.24, 2.45) is 11.7 Å². The number of imide groups is 1. The largest absolute Gasteiger partial charge is 0.481 e. The predicted molar refractivity (Wildman–Crippen MR) is 363 cm³/mol. The van der Waals surface area contributed by atoms with Crippen LogP contribution in [0.15, 0.2) is 81.7 Å². The Kier molecular flexibility index (Phi) is 32.7. The third-order valence-electron chi connectivity index (χ3n) is 16.4. The first-order valence-corrected chi connectivity index (χ1v) is 34.7.